The Labute approximate surface area is 189 Å². The lowest BCUT2D eigenvalue weighted by Crippen LogP contribution is -2.51. The van der Waals surface area contributed by atoms with Gasteiger partial charge in [-0.05, 0) is 55.7 Å². The van der Waals surface area contributed by atoms with E-state index >= 15 is 0 Å². The van der Waals surface area contributed by atoms with Crippen LogP contribution >= 0.6 is 11.6 Å². The van der Waals surface area contributed by atoms with Crippen molar-refractivity contribution in [2.24, 2.45) is 0 Å². The molecule has 0 bridgehead atoms. The highest BCUT2D eigenvalue weighted by Gasteiger charge is 2.26. The molecule has 0 aliphatic carbocycles. The van der Waals surface area contributed by atoms with E-state index < -0.39 is 12.1 Å². The fourth-order valence-electron chi connectivity index (χ4n) is 3.46. The lowest BCUT2D eigenvalue weighted by atomic mass is 9.93. The van der Waals surface area contributed by atoms with E-state index in [2.05, 4.69) is 36.6 Å². The van der Waals surface area contributed by atoms with Gasteiger partial charge in [0.2, 0.25) is 0 Å². The average Bonchev–Trinajstić information content (AvgIpc) is 2.79. The van der Waals surface area contributed by atoms with Crippen molar-refractivity contribution < 1.29 is 9.90 Å². The van der Waals surface area contributed by atoms with Crippen LogP contribution < -0.4 is 10.6 Å². The molecule has 0 aliphatic rings. The van der Waals surface area contributed by atoms with Crippen molar-refractivity contribution in [1.82, 2.24) is 10.6 Å². The van der Waals surface area contributed by atoms with Crippen LogP contribution in [-0.4, -0.2) is 29.7 Å². The predicted molar refractivity (Wildman–Crippen MR) is 126 cm³/mol. The third-order valence-corrected chi connectivity index (χ3v) is 5.69. The maximum Gasteiger partial charge on any atom is 0.251 e. The van der Waals surface area contributed by atoms with Crippen LogP contribution in [0, 0.1) is 0 Å². The number of carbonyl (C=O) groups excluding carboxylic acids is 1. The SMILES string of the molecule is CC(C)(NC[C@@H](O)[C@H](Cc1ccccc1)NC(=O)c1ccc(Cl)cc1)c1ccccc1. The van der Waals surface area contributed by atoms with Crippen LogP contribution in [0.15, 0.2) is 84.9 Å². The highest BCUT2D eigenvalue weighted by molar-refractivity contribution is 6.30. The summed E-state index contributed by atoms with van der Waals surface area (Å²) in [7, 11) is 0. The molecule has 162 valence electrons. The van der Waals surface area contributed by atoms with E-state index in [4.69, 9.17) is 11.6 Å². The minimum Gasteiger partial charge on any atom is -0.390 e. The van der Waals surface area contributed by atoms with E-state index in [0.29, 0.717) is 23.6 Å². The molecule has 3 aromatic rings. The Morgan fingerprint density at radius 2 is 1.52 bits per heavy atom. The molecule has 0 unspecified atom stereocenters. The fourth-order valence-corrected chi connectivity index (χ4v) is 3.59. The molecule has 4 nitrogen and oxygen atoms in total. The molecular weight excluding hydrogens is 408 g/mol. The summed E-state index contributed by atoms with van der Waals surface area (Å²) in [5.74, 6) is -0.237. The maximum absolute atomic E-state index is 12.8. The van der Waals surface area contributed by atoms with Crippen LogP contribution in [0.4, 0.5) is 0 Å². The molecule has 1 amide bonds. The average molecular weight is 437 g/mol. The first-order valence-corrected chi connectivity index (χ1v) is 10.8. The molecule has 0 saturated carbocycles. The Kier molecular flexibility index (Phi) is 7.85. The Bertz CT molecular complexity index is 960. The van der Waals surface area contributed by atoms with E-state index in [1.54, 1.807) is 24.3 Å². The highest BCUT2D eigenvalue weighted by atomic mass is 35.5. The van der Waals surface area contributed by atoms with E-state index in [1.807, 2.05) is 48.5 Å². The summed E-state index contributed by atoms with van der Waals surface area (Å²) >= 11 is 5.93. The van der Waals surface area contributed by atoms with Crippen molar-refractivity contribution in [2.75, 3.05) is 6.54 Å². The molecule has 0 heterocycles. The number of aliphatic hydroxyl groups is 1. The molecule has 0 aliphatic heterocycles. The van der Waals surface area contributed by atoms with Crippen molar-refractivity contribution >= 4 is 17.5 Å². The first-order valence-electron chi connectivity index (χ1n) is 10.4. The van der Waals surface area contributed by atoms with Crippen LogP contribution in [0.25, 0.3) is 0 Å². The van der Waals surface area contributed by atoms with Crippen LogP contribution in [0.1, 0.15) is 35.3 Å². The van der Waals surface area contributed by atoms with Gasteiger partial charge in [0.15, 0.2) is 0 Å². The van der Waals surface area contributed by atoms with Gasteiger partial charge in [-0.2, -0.15) is 0 Å². The summed E-state index contributed by atoms with van der Waals surface area (Å²) in [6.45, 7) is 4.49. The number of hydrogen-bond donors (Lipinski definition) is 3. The van der Waals surface area contributed by atoms with Crippen LogP contribution in [-0.2, 0) is 12.0 Å². The minimum absolute atomic E-state index is 0.237. The monoisotopic (exact) mass is 436 g/mol. The van der Waals surface area contributed by atoms with Gasteiger partial charge in [0.25, 0.3) is 5.91 Å². The van der Waals surface area contributed by atoms with Crippen molar-refractivity contribution in [3.63, 3.8) is 0 Å². The normalized spacial score (nSPS) is 13.4. The summed E-state index contributed by atoms with van der Waals surface area (Å²) < 4.78 is 0. The van der Waals surface area contributed by atoms with E-state index in [-0.39, 0.29) is 11.4 Å². The zero-order valence-corrected chi connectivity index (χ0v) is 18.6. The van der Waals surface area contributed by atoms with Gasteiger partial charge in [0.05, 0.1) is 12.1 Å². The number of nitrogens with one attached hydrogen (secondary N) is 2. The van der Waals surface area contributed by atoms with Crippen molar-refractivity contribution in [3.05, 3.63) is 107 Å². The molecule has 3 aromatic carbocycles. The first kappa shape index (κ1) is 23.0. The fraction of sp³-hybridized carbons (Fsp3) is 0.269. The number of halogens is 1. The van der Waals surface area contributed by atoms with Crippen LogP contribution in [0.2, 0.25) is 5.02 Å². The van der Waals surface area contributed by atoms with Gasteiger partial charge < -0.3 is 15.7 Å². The third kappa shape index (κ3) is 6.66. The second kappa shape index (κ2) is 10.6. The molecule has 2 atom stereocenters. The van der Waals surface area contributed by atoms with Gasteiger partial charge in [-0.15, -0.1) is 0 Å². The lowest BCUT2D eigenvalue weighted by Gasteiger charge is -2.31. The van der Waals surface area contributed by atoms with Crippen LogP contribution in [0.5, 0.6) is 0 Å². The predicted octanol–water partition coefficient (Wildman–Crippen LogP) is 4.57. The second-order valence-corrected chi connectivity index (χ2v) is 8.65. The second-order valence-electron chi connectivity index (χ2n) is 8.22. The molecule has 31 heavy (non-hydrogen) atoms. The molecule has 0 aromatic heterocycles. The van der Waals surface area contributed by atoms with Gasteiger partial charge in [0.1, 0.15) is 0 Å². The first-order chi connectivity index (χ1) is 14.8. The molecule has 0 fully saturated rings. The highest BCUT2D eigenvalue weighted by Crippen LogP contribution is 2.20. The van der Waals surface area contributed by atoms with E-state index in [9.17, 15) is 9.90 Å². The Balaban J connectivity index is 1.71. The smallest absolute Gasteiger partial charge is 0.251 e. The Hall–Kier alpha value is -2.66. The van der Waals surface area contributed by atoms with Crippen molar-refractivity contribution in [2.45, 2.75) is 38.0 Å². The largest absolute Gasteiger partial charge is 0.390 e. The number of rotatable bonds is 9. The van der Waals surface area contributed by atoms with Gasteiger partial charge >= 0.3 is 0 Å². The lowest BCUT2D eigenvalue weighted by molar-refractivity contribution is 0.0814. The van der Waals surface area contributed by atoms with E-state index in [1.165, 1.54) is 0 Å². The maximum atomic E-state index is 12.8. The summed E-state index contributed by atoms with van der Waals surface area (Å²) in [6.07, 6.45) is -0.256. The molecule has 5 heteroatoms. The van der Waals surface area contributed by atoms with Gasteiger partial charge in [-0.1, -0.05) is 72.3 Å². The molecule has 0 spiro atoms. The van der Waals surface area contributed by atoms with Crippen molar-refractivity contribution in [3.8, 4) is 0 Å². The number of amides is 1. The molecule has 3 N–H and O–H groups in total. The number of aliphatic hydroxyl groups excluding tert-OH is 1. The summed E-state index contributed by atoms with van der Waals surface area (Å²) in [4.78, 5) is 12.8. The molecular formula is C26H29ClN2O2. The standard InChI is InChI=1S/C26H29ClN2O2/c1-26(2,21-11-7-4-8-12-21)28-18-24(30)23(17-19-9-5-3-6-10-19)29-25(31)20-13-15-22(27)16-14-20/h3-16,23-24,28,30H,17-18H2,1-2H3,(H,29,31)/t23-,24+/m0/s1. The number of carbonyl (C=O) groups is 1. The van der Waals surface area contributed by atoms with E-state index in [0.717, 1.165) is 11.1 Å². The Morgan fingerprint density at radius 3 is 2.13 bits per heavy atom. The summed E-state index contributed by atoms with van der Waals surface area (Å²) in [6, 6.07) is 26.2. The third-order valence-electron chi connectivity index (χ3n) is 5.43. The summed E-state index contributed by atoms with van der Waals surface area (Å²) in [5, 5.41) is 18.0. The Morgan fingerprint density at radius 1 is 0.935 bits per heavy atom. The molecule has 0 saturated heterocycles. The summed E-state index contributed by atoms with van der Waals surface area (Å²) in [5.41, 5.74) is 2.37. The quantitative estimate of drug-likeness (QED) is 0.460. The van der Waals surface area contributed by atoms with Gasteiger partial charge in [-0.25, -0.2) is 0 Å². The molecule has 3 rings (SSSR count). The zero-order valence-electron chi connectivity index (χ0n) is 17.9. The number of hydrogen-bond acceptors (Lipinski definition) is 3. The van der Waals surface area contributed by atoms with Gasteiger partial charge in [-0.3, -0.25) is 4.79 Å². The number of benzene rings is 3. The van der Waals surface area contributed by atoms with Crippen LogP contribution in [0.3, 0.4) is 0 Å². The topological polar surface area (TPSA) is 61.4 Å². The molecule has 0 radical (unpaired) electrons. The zero-order chi connectivity index (χ0) is 22.3. The van der Waals surface area contributed by atoms with Gasteiger partial charge in [0, 0.05) is 22.7 Å². The van der Waals surface area contributed by atoms with Crippen molar-refractivity contribution in [1.29, 1.82) is 0 Å². The minimum atomic E-state index is -0.778.